The third-order valence-corrected chi connectivity index (χ3v) is 2.76. The van der Waals surface area contributed by atoms with Crippen molar-refractivity contribution in [3.63, 3.8) is 0 Å². The van der Waals surface area contributed by atoms with Gasteiger partial charge in [0.2, 0.25) is 5.95 Å². The van der Waals surface area contributed by atoms with Crippen molar-refractivity contribution in [3.05, 3.63) is 40.8 Å². The van der Waals surface area contributed by atoms with Gasteiger partial charge < -0.3 is 10.6 Å². The number of benzene rings is 1. The minimum atomic E-state index is -0.454. The Bertz CT molecular complexity index is 616. The molecule has 0 bridgehead atoms. The average Bonchev–Trinajstić information content (AvgIpc) is 2.32. The van der Waals surface area contributed by atoms with Gasteiger partial charge >= 0.3 is 0 Å². The summed E-state index contributed by atoms with van der Waals surface area (Å²) in [5.41, 5.74) is 1.47. The highest BCUT2D eigenvalue weighted by molar-refractivity contribution is 6.31. The molecule has 0 saturated carbocycles. The third-order valence-electron chi connectivity index (χ3n) is 2.47. The molecule has 1 aromatic carbocycles. The standard InChI is InChI=1S/C14H16ClFN4/c1-8(2)17-13-6-9(3)18-14(20-13)19-10-4-5-12(16)11(15)7-10/h4-8H,1-3H3,(H2,17,18,19,20). The molecule has 0 aliphatic rings. The molecule has 2 rings (SSSR count). The summed E-state index contributed by atoms with van der Waals surface area (Å²) >= 11 is 5.74. The summed E-state index contributed by atoms with van der Waals surface area (Å²) < 4.78 is 13.1. The van der Waals surface area contributed by atoms with Crippen molar-refractivity contribution in [2.24, 2.45) is 0 Å². The van der Waals surface area contributed by atoms with Crippen LogP contribution in [0.3, 0.4) is 0 Å². The quantitative estimate of drug-likeness (QED) is 0.890. The zero-order valence-corrected chi connectivity index (χ0v) is 12.3. The number of halogens is 2. The monoisotopic (exact) mass is 294 g/mol. The number of aryl methyl sites for hydroxylation is 1. The molecule has 0 aliphatic heterocycles. The molecule has 0 unspecified atom stereocenters. The van der Waals surface area contributed by atoms with Crippen molar-refractivity contribution >= 4 is 29.1 Å². The van der Waals surface area contributed by atoms with E-state index < -0.39 is 5.82 Å². The summed E-state index contributed by atoms with van der Waals surface area (Å²) in [6.07, 6.45) is 0. The van der Waals surface area contributed by atoms with Gasteiger partial charge in [0.1, 0.15) is 11.6 Å². The van der Waals surface area contributed by atoms with Crippen LogP contribution in [0, 0.1) is 12.7 Å². The molecule has 0 saturated heterocycles. The van der Waals surface area contributed by atoms with Gasteiger partial charge in [-0.05, 0) is 39.0 Å². The van der Waals surface area contributed by atoms with Crippen LogP contribution in [0.2, 0.25) is 5.02 Å². The van der Waals surface area contributed by atoms with E-state index in [-0.39, 0.29) is 11.1 Å². The third kappa shape index (κ3) is 3.81. The highest BCUT2D eigenvalue weighted by Gasteiger charge is 2.06. The summed E-state index contributed by atoms with van der Waals surface area (Å²) in [7, 11) is 0. The number of hydrogen-bond donors (Lipinski definition) is 2. The fraction of sp³-hybridized carbons (Fsp3) is 0.286. The summed E-state index contributed by atoms with van der Waals surface area (Å²) in [6, 6.07) is 6.52. The van der Waals surface area contributed by atoms with Gasteiger partial charge in [0, 0.05) is 23.5 Å². The predicted molar refractivity (Wildman–Crippen MR) is 80.2 cm³/mol. The van der Waals surface area contributed by atoms with Gasteiger partial charge in [-0.1, -0.05) is 11.6 Å². The molecule has 0 fully saturated rings. The Morgan fingerprint density at radius 3 is 2.60 bits per heavy atom. The number of rotatable bonds is 4. The molecular weight excluding hydrogens is 279 g/mol. The van der Waals surface area contributed by atoms with E-state index in [9.17, 15) is 4.39 Å². The molecule has 2 aromatic rings. The molecule has 0 spiro atoms. The van der Waals surface area contributed by atoms with Gasteiger partial charge in [0.15, 0.2) is 0 Å². The molecule has 0 amide bonds. The molecule has 20 heavy (non-hydrogen) atoms. The van der Waals surface area contributed by atoms with E-state index in [1.54, 1.807) is 6.07 Å². The maximum absolute atomic E-state index is 13.1. The highest BCUT2D eigenvalue weighted by atomic mass is 35.5. The minimum Gasteiger partial charge on any atom is -0.368 e. The van der Waals surface area contributed by atoms with Gasteiger partial charge in [-0.2, -0.15) is 4.98 Å². The lowest BCUT2D eigenvalue weighted by Gasteiger charge is -2.12. The van der Waals surface area contributed by atoms with Crippen molar-refractivity contribution in [3.8, 4) is 0 Å². The van der Waals surface area contributed by atoms with Crippen molar-refractivity contribution < 1.29 is 4.39 Å². The SMILES string of the molecule is Cc1cc(NC(C)C)nc(Nc2ccc(F)c(Cl)c2)n1. The first-order chi connectivity index (χ1) is 9.44. The second-order valence-electron chi connectivity index (χ2n) is 4.77. The largest absolute Gasteiger partial charge is 0.368 e. The van der Waals surface area contributed by atoms with Gasteiger partial charge in [-0.15, -0.1) is 0 Å². The minimum absolute atomic E-state index is 0.0585. The van der Waals surface area contributed by atoms with Crippen LogP contribution in [0.1, 0.15) is 19.5 Å². The van der Waals surface area contributed by atoms with E-state index in [1.807, 2.05) is 26.8 Å². The van der Waals surface area contributed by atoms with Crippen LogP contribution in [0.4, 0.5) is 21.8 Å². The summed E-state index contributed by atoms with van der Waals surface area (Å²) in [6.45, 7) is 5.95. The van der Waals surface area contributed by atoms with Crippen molar-refractivity contribution in [2.45, 2.75) is 26.8 Å². The van der Waals surface area contributed by atoms with E-state index in [1.165, 1.54) is 12.1 Å². The van der Waals surface area contributed by atoms with Crippen molar-refractivity contribution in [2.75, 3.05) is 10.6 Å². The van der Waals surface area contributed by atoms with Crippen LogP contribution in [-0.2, 0) is 0 Å². The number of nitrogens with one attached hydrogen (secondary N) is 2. The molecule has 0 radical (unpaired) electrons. The summed E-state index contributed by atoms with van der Waals surface area (Å²) in [5, 5.41) is 6.29. The first kappa shape index (κ1) is 14.5. The van der Waals surface area contributed by atoms with E-state index >= 15 is 0 Å². The van der Waals surface area contributed by atoms with Gasteiger partial charge in [-0.3, -0.25) is 0 Å². The Labute approximate surface area is 122 Å². The predicted octanol–water partition coefficient (Wildman–Crippen LogP) is 4.14. The smallest absolute Gasteiger partial charge is 0.229 e. The van der Waals surface area contributed by atoms with Gasteiger partial charge in [0.25, 0.3) is 0 Å². The lowest BCUT2D eigenvalue weighted by molar-refractivity contribution is 0.628. The fourth-order valence-corrected chi connectivity index (χ4v) is 1.88. The number of hydrogen-bond acceptors (Lipinski definition) is 4. The number of anilines is 3. The zero-order chi connectivity index (χ0) is 14.7. The first-order valence-electron chi connectivity index (χ1n) is 6.28. The molecule has 1 aromatic heterocycles. The molecule has 0 atom stereocenters. The fourth-order valence-electron chi connectivity index (χ4n) is 1.70. The average molecular weight is 295 g/mol. The second-order valence-corrected chi connectivity index (χ2v) is 5.18. The Balaban J connectivity index is 2.24. The Morgan fingerprint density at radius 1 is 1.20 bits per heavy atom. The molecule has 6 heteroatoms. The van der Waals surface area contributed by atoms with Crippen LogP contribution in [0.15, 0.2) is 24.3 Å². The zero-order valence-electron chi connectivity index (χ0n) is 11.5. The van der Waals surface area contributed by atoms with Crippen LogP contribution in [0.5, 0.6) is 0 Å². The van der Waals surface area contributed by atoms with Crippen molar-refractivity contribution in [1.29, 1.82) is 0 Å². The first-order valence-corrected chi connectivity index (χ1v) is 6.66. The molecule has 106 valence electrons. The van der Waals surface area contributed by atoms with Crippen LogP contribution >= 0.6 is 11.6 Å². The topological polar surface area (TPSA) is 49.8 Å². The van der Waals surface area contributed by atoms with Crippen molar-refractivity contribution in [1.82, 2.24) is 9.97 Å². The van der Waals surface area contributed by atoms with E-state index in [0.717, 1.165) is 11.5 Å². The molecule has 2 N–H and O–H groups in total. The number of nitrogens with zero attached hydrogens (tertiary/aromatic N) is 2. The van der Waals surface area contributed by atoms with E-state index in [0.29, 0.717) is 11.6 Å². The van der Waals surface area contributed by atoms with Crippen LogP contribution in [0.25, 0.3) is 0 Å². The van der Waals surface area contributed by atoms with Gasteiger partial charge in [0.05, 0.1) is 5.02 Å². The maximum atomic E-state index is 13.1. The number of aromatic nitrogens is 2. The lowest BCUT2D eigenvalue weighted by atomic mass is 10.3. The lowest BCUT2D eigenvalue weighted by Crippen LogP contribution is -2.12. The van der Waals surface area contributed by atoms with E-state index in [2.05, 4.69) is 20.6 Å². The molecule has 0 aliphatic carbocycles. The van der Waals surface area contributed by atoms with Crippen LogP contribution in [-0.4, -0.2) is 16.0 Å². The Morgan fingerprint density at radius 2 is 1.95 bits per heavy atom. The van der Waals surface area contributed by atoms with Crippen LogP contribution < -0.4 is 10.6 Å². The summed E-state index contributed by atoms with van der Waals surface area (Å²) in [5.74, 6) is 0.726. The highest BCUT2D eigenvalue weighted by Crippen LogP contribution is 2.22. The summed E-state index contributed by atoms with van der Waals surface area (Å²) in [4.78, 5) is 8.64. The van der Waals surface area contributed by atoms with E-state index in [4.69, 9.17) is 11.6 Å². The maximum Gasteiger partial charge on any atom is 0.229 e. The normalized spacial score (nSPS) is 10.7. The molecular formula is C14H16ClFN4. The Hall–Kier alpha value is -1.88. The Kier molecular flexibility index (Phi) is 4.39. The van der Waals surface area contributed by atoms with Gasteiger partial charge in [-0.25, -0.2) is 9.37 Å². The second kappa shape index (κ2) is 6.05. The molecule has 1 heterocycles. The molecule has 4 nitrogen and oxygen atoms in total.